The summed E-state index contributed by atoms with van der Waals surface area (Å²) < 4.78 is 1.85. The zero-order valence-corrected chi connectivity index (χ0v) is 14.5. The molecule has 3 aromatic rings. The van der Waals surface area contributed by atoms with Crippen LogP contribution in [0.3, 0.4) is 0 Å². The second-order valence-electron chi connectivity index (χ2n) is 7.01. The van der Waals surface area contributed by atoms with Crippen molar-refractivity contribution in [3.63, 3.8) is 0 Å². The van der Waals surface area contributed by atoms with E-state index in [4.69, 9.17) is 9.97 Å². The molecule has 5 heteroatoms. The number of fused-ring (bicyclic) bond motifs is 2. The maximum absolute atomic E-state index is 4.91. The summed E-state index contributed by atoms with van der Waals surface area (Å²) >= 11 is 0. The third kappa shape index (κ3) is 2.64. The Morgan fingerprint density at radius 3 is 2.71 bits per heavy atom. The molecule has 124 valence electrons. The van der Waals surface area contributed by atoms with Gasteiger partial charge in [-0.2, -0.15) is 5.10 Å². The molecule has 0 amide bonds. The fourth-order valence-corrected chi connectivity index (χ4v) is 3.43. The highest BCUT2D eigenvalue weighted by Gasteiger charge is 2.21. The maximum Gasteiger partial charge on any atom is 0.163 e. The molecule has 3 heterocycles. The normalized spacial score (nSPS) is 14.4. The molecule has 1 aliphatic rings. The van der Waals surface area contributed by atoms with Crippen molar-refractivity contribution >= 4 is 16.9 Å². The Balaban J connectivity index is 1.78. The van der Waals surface area contributed by atoms with Crippen molar-refractivity contribution in [3.8, 4) is 0 Å². The summed E-state index contributed by atoms with van der Waals surface area (Å²) in [6.45, 7) is 6.29. The Bertz CT molecular complexity index is 881. The summed E-state index contributed by atoms with van der Waals surface area (Å²) in [6, 6.07) is 8.69. The number of aromatic nitrogens is 4. The van der Waals surface area contributed by atoms with Crippen LogP contribution < -0.4 is 4.90 Å². The summed E-state index contributed by atoms with van der Waals surface area (Å²) in [5.41, 5.74) is 3.77. The molecule has 0 saturated carbocycles. The smallest absolute Gasteiger partial charge is 0.163 e. The van der Waals surface area contributed by atoms with Gasteiger partial charge >= 0.3 is 0 Å². The van der Waals surface area contributed by atoms with Gasteiger partial charge in [0, 0.05) is 26.6 Å². The largest absolute Gasteiger partial charge is 0.351 e. The fourth-order valence-electron chi connectivity index (χ4n) is 3.43. The average molecular weight is 321 g/mol. The highest BCUT2D eigenvalue weighted by molar-refractivity contribution is 5.87. The molecule has 0 saturated heterocycles. The highest BCUT2D eigenvalue weighted by atomic mass is 15.3. The van der Waals surface area contributed by atoms with Crippen LogP contribution in [0.2, 0.25) is 0 Å². The van der Waals surface area contributed by atoms with Gasteiger partial charge in [0.2, 0.25) is 0 Å². The first-order chi connectivity index (χ1) is 11.6. The first-order valence-corrected chi connectivity index (χ1v) is 8.62. The summed E-state index contributed by atoms with van der Waals surface area (Å²) in [7, 11) is 1.95. The van der Waals surface area contributed by atoms with E-state index in [0.29, 0.717) is 5.92 Å². The third-order valence-electron chi connectivity index (χ3n) is 4.64. The monoisotopic (exact) mass is 321 g/mol. The quantitative estimate of drug-likeness (QED) is 0.743. The van der Waals surface area contributed by atoms with Crippen molar-refractivity contribution < 1.29 is 0 Å². The van der Waals surface area contributed by atoms with E-state index in [9.17, 15) is 0 Å². The van der Waals surface area contributed by atoms with Crippen LogP contribution >= 0.6 is 0 Å². The molecule has 0 atom stereocenters. The van der Waals surface area contributed by atoms with Gasteiger partial charge in [-0.3, -0.25) is 4.68 Å². The number of aryl methyl sites for hydroxylation is 1. The molecule has 0 radical (unpaired) electrons. The van der Waals surface area contributed by atoms with Crippen LogP contribution in [0.25, 0.3) is 11.0 Å². The van der Waals surface area contributed by atoms with E-state index in [0.717, 1.165) is 48.6 Å². The standard InChI is InChI=1S/C19H23N5/c1-13(2)10-17-21-18-16(11-20-23(18)3)19(22-17)24-9-8-14-6-4-5-7-15(14)12-24/h4-7,11,13H,8-10,12H2,1-3H3. The van der Waals surface area contributed by atoms with Gasteiger partial charge in [-0.15, -0.1) is 0 Å². The predicted molar refractivity (Wildman–Crippen MR) is 96.0 cm³/mol. The molecule has 4 rings (SSSR count). The van der Waals surface area contributed by atoms with Crippen LogP contribution in [0.5, 0.6) is 0 Å². The lowest BCUT2D eigenvalue weighted by Gasteiger charge is -2.30. The van der Waals surface area contributed by atoms with Gasteiger partial charge in [0.25, 0.3) is 0 Å². The zero-order chi connectivity index (χ0) is 16.7. The zero-order valence-electron chi connectivity index (χ0n) is 14.5. The molecular weight excluding hydrogens is 298 g/mol. The van der Waals surface area contributed by atoms with Crippen molar-refractivity contribution in [1.29, 1.82) is 0 Å². The van der Waals surface area contributed by atoms with Crippen molar-refractivity contribution in [3.05, 3.63) is 47.4 Å². The first-order valence-electron chi connectivity index (χ1n) is 8.62. The minimum atomic E-state index is 0.533. The van der Waals surface area contributed by atoms with Crippen LogP contribution in [0.4, 0.5) is 5.82 Å². The minimum absolute atomic E-state index is 0.533. The van der Waals surface area contributed by atoms with Gasteiger partial charge < -0.3 is 4.90 Å². The van der Waals surface area contributed by atoms with Gasteiger partial charge in [0.05, 0.1) is 11.6 Å². The fraction of sp³-hybridized carbons (Fsp3) is 0.421. The molecule has 1 aliphatic heterocycles. The lowest BCUT2D eigenvalue weighted by atomic mass is 10.00. The van der Waals surface area contributed by atoms with Gasteiger partial charge in [0.15, 0.2) is 5.65 Å². The number of benzene rings is 1. The SMILES string of the molecule is CC(C)Cc1nc(N2CCc3ccccc3C2)c2cnn(C)c2n1. The maximum atomic E-state index is 4.91. The minimum Gasteiger partial charge on any atom is -0.351 e. The molecular formula is C19H23N5. The van der Waals surface area contributed by atoms with Crippen LogP contribution in [0.1, 0.15) is 30.8 Å². The lowest BCUT2D eigenvalue weighted by Crippen LogP contribution is -2.31. The van der Waals surface area contributed by atoms with E-state index in [2.05, 4.69) is 48.1 Å². The van der Waals surface area contributed by atoms with Crippen molar-refractivity contribution in [2.24, 2.45) is 13.0 Å². The number of hydrogen-bond acceptors (Lipinski definition) is 4. The second-order valence-corrected chi connectivity index (χ2v) is 7.01. The molecule has 0 aliphatic carbocycles. The predicted octanol–water partition coefficient (Wildman–Crippen LogP) is 3.12. The Labute approximate surface area is 142 Å². The van der Waals surface area contributed by atoms with E-state index in [1.54, 1.807) is 0 Å². The molecule has 2 aromatic heterocycles. The highest BCUT2D eigenvalue weighted by Crippen LogP contribution is 2.29. The number of rotatable bonds is 3. The summed E-state index contributed by atoms with van der Waals surface area (Å²) in [6.07, 6.45) is 3.84. The summed E-state index contributed by atoms with van der Waals surface area (Å²) in [4.78, 5) is 12.0. The molecule has 1 aromatic carbocycles. The number of anilines is 1. The van der Waals surface area contributed by atoms with Crippen LogP contribution in [-0.2, 0) is 26.4 Å². The first kappa shape index (κ1) is 15.1. The molecule has 0 unspecified atom stereocenters. The molecule has 24 heavy (non-hydrogen) atoms. The molecule has 5 nitrogen and oxygen atoms in total. The number of hydrogen-bond donors (Lipinski definition) is 0. The second kappa shape index (κ2) is 5.89. The van der Waals surface area contributed by atoms with E-state index in [1.807, 2.05) is 17.9 Å². The van der Waals surface area contributed by atoms with Crippen LogP contribution in [-0.4, -0.2) is 26.3 Å². The van der Waals surface area contributed by atoms with Crippen LogP contribution in [0.15, 0.2) is 30.5 Å². The van der Waals surface area contributed by atoms with Crippen molar-refractivity contribution in [2.75, 3.05) is 11.4 Å². The van der Waals surface area contributed by atoms with E-state index in [-0.39, 0.29) is 0 Å². The Kier molecular flexibility index (Phi) is 3.71. The molecule has 0 fully saturated rings. The Morgan fingerprint density at radius 2 is 1.92 bits per heavy atom. The summed E-state index contributed by atoms with van der Waals surface area (Å²) in [5.74, 6) is 2.47. The van der Waals surface area contributed by atoms with Crippen LogP contribution in [0, 0.1) is 5.92 Å². The van der Waals surface area contributed by atoms with Gasteiger partial charge in [-0.25, -0.2) is 9.97 Å². The average Bonchev–Trinajstić information content (AvgIpc) is 2.94. The summed E-state index contributed by atoms with van der Waals surface area (Å²) in [5, 5.41) is 5.45. The van der Waals surface area contributed by atoms with E-state index < -0.39 is 0 Å². The number of nitrogens with zero attached hydrogens (tertiary/aromatic N) is 5. The topological polar surface area (TPSA) is 46.8 Å². The van der Waals surface area contributed by atoms with E-state index in [1.165, 1.54) is 11.1 Å². The Morgan fingerprint density at radius 1 is 1.12 bits per heavy atom. The van der Waals surface area contributed by atoms with Gasteiger partial charge in [0.1, 0.15) is 11.6 Å². The van der Waals surface area contributed by atoms with E-state index >= 15 is 0 Å². The van der Waals surface area contributed by atoms with Crippen molar-refractivity contribution in [1.82, 2.24) is 19.7 Å². The Hall–Kier alpha value is -2.43. The van der Waals surface area contributed by atoms with Crippen molar-refractivity contribution in [2.45, 2.75) is 33.2 Å². The molecule has 0 spiro atoms. The van der Waals surface area contributed by atoms with Gasteiger partial charge in [-0.05, 0) is 23.5 Å². The molecule has 0 bridgehead atoms. The van der Waals surface area contributed by atoms with Gasteiger partial charge in [-0.1, -0.05) is 38.1 Å². The third-order valence-corrected chi connectivity index (χ3v) is 4.64. The lowest BCUT2D eigenvalue weighted by molar-refractivity contribution is 0.618. The molecule has 0 N–H and O–H groups in total.